The van der Waals surface area contributed by atoms with Crippen molar-refractivity contribution in [3.63, 3.8) is 0 Å². The lowest BCUT2D eigenvalue weighted by Crippen LogP contribution is -2.31. The first-order chi connectivity index (χ1) is 12.0. The zero-order valence-corrected chi connectivity index (χ0v) is 14.9. The van der Waals surface area contributed by atoms with Crippen LogP contribution in [0.15, 0.2) is 58.2 Å². The molecule has 0 fully saturated rings. The Hall–Kier alpha value is -2.60. The first kappa shape index (κ1) is 17.2. The predicted octanol–water partition coefficient (Wildman–Crippen LogP) is 3.03. The van der Waals surface area contributed by atoms with Crippen LogP contribution in [0.1, 0.15) is 18.3 Å². The molecule has 0 aliphatic rings. The number of carbonyl (C=O) groups is 1. The molecule has 0 saturated carbocycles. The lowest BCUT2D eigenvalue weighted by atomic mass is 10.2. The Morgan fingerprint density at radius 3 is 2.68 bits per heavy atom. The van der Waals surface area contributed by atoms with E-state index in [0.29, 0.717) is 16.7 Å². The topological polar surface area (TPSA) is 74.8 Å². The van der Waals surface area contributed by atoms with Crippen molar-refractivity contribution in [2.75, 3.05) is 0 Å². The van der Waals surface area contributed by atoms with E-state index in [-0.39, 0.29) is 23.3 Å². The number of amides is 1. The fourth-order valence-corrected chi connectivity index (χ4v) is 3.30. The molecule has 25 heavy (non-hydrogen) atoms. The number of thioether (sulfide) groups is 1. The number of para-hydroxylation sites is 1. The minimum absolute atomic E-state index is 0.0959. The van der Waals surface area contributed by atoms with E-state index >= 15 is 0 Å². The van der Waals surface area contributed by atoms with E-state index in [4.69, 9.17) is 0 Å². The number of benzene rings is 2. The van der Waals surface area contributed by atoms with Crippen LogP contribution in [0.2, 0.25) is 0 Å². The summed E-state index contributed by atoms with van der Waals surface area (Å²) in [6.45, 7) is 4.08. The highest BCUT2D eigenvalue weighted by atomic mass is 32.2. The molecular weight excluding hydrogens is 334 g/mol. The Morgan fingerprint density at radius 2 is 1.92 bits per heavy atom. The summed E-state index contributed by atoms with van der Waals surface area (Å²) in [4.78, 5) is 32.5. The standard InChI is InChI=1S/C19H19N3O2S/c1-12-7-9-14(10-8-12)25-13(2)18(23)20-11-17-21-16-6-4-3-5-15(16)19(24)22-17/h3-10,13H,11H2,1-2H3,(H,20,23)(H,21,22,24). The number of aromatic amines is 1. The number of fused-ring (bicyclic) bond motifs is 1. The molecule has 5 nitrogen and oxygen atoms in total. The van der Waals surface area contributed by atoms with Crippen molar-refractivity contribution in [2.24, 2.45) is 0 Å². The van der Waals surface area contributed by atoms with Gasteiger partial charge in [-0.1, -0.05) is 29.8 Å². The van der Waals surface area contributed by atoms with Crippen molar-refractivity contribution >= 4 is 28.6 Å². The van der Waals surface area contributed by atoms with Crippen molar-refractivity contribution < 1.29 is 4.79 Å². The molecule has 0 aliphatic heterocycles. The van der Waals surface area contributed by atoms with E-state index in [1.807, 2.05) is 44.2 Å². The molecular formula is C19H19N3O2S. The van der Waals surface area contributed by atoms with Gasteiger partial charge in [0.15, 0.2) is 0 Å². The zero-order valence-electron chi connectivity index (χ0n) is 14.1. The Kier molecular flexibility index (Phi) is 5.19. The number of carbonyl (C=O) groups excluding carboxylic acids is 1. The normalized spacial score (nSPS) is 12.1. The van der Waals surface area contributed by atoms with E-state index in [1.165, 1.54) is 17.3 Å². The van der Waals surface area contributed by atoms with Crippen LogP contribution in [0.25, 0.3) is 10.9 Å². The highest BCUT2D eigenvalue weighted by Crippen LogP contribution is 2.23. The number of nitrogens with zero attached hydrogens (tertiary/aromatic N) is 1. The Bertz CT molecular complexity index is 951. The van der Waals surface area contributed by atoms with Gasteiger partial charge in [-0.2, -0.15) is 0 Å². The molecule has 2 aromatic carbocycles. The third-order valence-electron chi connectivity index (χ3n) is 3.80. The van der Waals surface area contributed by atoms with Crippen LogP contribution in [0, 0.1) is 6.92 Å². The average molecular weight is 353 g/mol. The molecule has 1 amide bonds. The van der Waals surface area contributed by atoms with Gasteiger partial charge in [0.2, 0.25) is 5.91 Å². The molecule has 128 valence electrons. The molecule has 1 heterocycles. The van der Waals surface area contributed by atoms with Crippen molar-refractivity contribution in [2.45, 2.75) is 30.5 Å². The van der Waals surface area contributed by atoms with Gasteiger partial charge in [0.05, 0.1) is 22.7 Å². The largest absolute Gasteiger partial charge is 0.348 e. The lowest BCUT2D eigenvalue weighted by Gasteiger charge is -2.12. The summed E-state index contributed by atoms with van der Waals surface area (Å²) < 4.78 is 0. The molecule has 0 aliphatic carbocycles. The van der Waals surface area contributed by atoms with E-state index in [2.05, 4.69) is 15.3 Å². The highest BCUT2D eigenvalue weighted by Gasteiger charge is 2.14. The van der Waals surface area contributed by atoms with Gasteiger partial charge in [0, 0.05) is 4.90 Å². The number of aryl methyl sites for hydroxylation is 1. The molecule has 0 bridgehead atoms. The summed E-state index contributed by atoms with van der Waals surface area (Å²) in [5.74, 6) is 0.353. The minimum Gasteiger partial charge on any atom is -0.348 e. The highest BCUT2D eigenvalue weighted by molar-refractivity contribution is 8.00. The lowest BCUT2D eigenvalue weighted by molar-refractivity contribution is -0.120. The van der Waals surface area contributed by atoms with E-state index in [9.17, 15) is 9.59 Å². The molecule has 1 atom stereocenters. The number of H-pyrrole nitrogens is 1. The van der Waals surface area contributed by atoms with Crippen LogP contribution < -0.4 is 10.9 Å². The second-order valence-corrected chi connectivity index (χ2v) is 7.23. The summed E-state index contributed by atoms with van der Waals surface area (Å²) >= 11 is 1.50. The second kappa shape index (κ2) is 7.53. The first-order valence-corrected chi connectivity index (χ1v) is 8.90. The second-order valence-electron chi connectivity index (χ2n) is 5.82. The fourth-order valence-electron chi connectivity index (χ4n) is 2.41. The summed E-state index contributed by atoms with van der Waals surface area (Å²) in [5.41, 5.74) is 1.61. The van der Waals surface area contributed by atoms with Gasteiger partial charge in [0.25, 0.3) is 5.56 Å². The summed E-state index contributed by atoms with van der Waals surface area (Å²) in [7, 11) is 0. The summed E-state index contributed by atoms with van der Waals surface area (Å²) in [6.07, 6.45) is 0. The van der Waals surface area contributed by atoms with Gasteiger partial charge in [-0.3, -0.25) is 9.59 Å². The number of rotatable bonds is 5. The maximum Gasteiger partial charge on any atom is 0.258 e. The van der Waals surface area contributed by atoms with Crippen molar-refractivity contribution in [3.8, 4) is 0 Å². The molecule has 0 saturated heterocycles. The minimum atomic E-state index is -0.241. The smallest absolute Gasteiger partial charge is 0.258 e. The molecule has 6 heteroatoms. The Balaban J connectivity index is 1.63. The van der Waals surface area contributed by atoms with Gasteiger partial charge in [-0.05, 0) is 38.1 Å². The van der Waals surface area contributed by atoms with Gasteiger partial charge in [-0.25, -0.2) is 4.98 Å². The molecule has 0 radical (unpaired) electrons. The number of hydrogen-bond donors (Lipinski definition) is 2. The van der Waals surface area contributed by atoms with Gasteiger partial charge in [0.1, 0.15) is 5.82 Å². The molecule has 1 aromatic heterocycles. The van der Waals surface area contributed by atoms with E-state index in [1.54, 1.807) is 18.2 Å². The van der Waals surface area contributed by atoms with Crippen LogP contribution in [-0.4, -0.2) is 21.1 Å². The SMILES string of the molecule is Cc1ccc(SC(C)C(=O)NCc2nc3ccccc3c(=O)[nH]2)cc1. The molecule has 3 aromatic rings. The van der Waals surface area contributed by atoms with Gasteiger partial charge >= 0.3 is 0 Å². The molecule has 3 rings (SSSR count). The van der Waals surface area contributed by atoms with Crippen LogP contribution >= 0.6 is 11.8 Å². The maximum atomic E-state index is 12.3. The van der Waals surface area contributed by atoms with Crippen LogP contribution in [-0.2, 0) is 11.3 Å². The van der Waals surface area contributed by atoms with Crippen LogP contribution in [0.3, 0.4) is 0 Å². The zero-order chi connectivity index (χ0) is 17.8. The predicted molar refractivity (Wildman–Crippen MR) is 101 cm³/mol. The Labute approximate surface area is 149 Å². The maximum absolute atomic E-state index is 12.3. The molecule has 0 spiro atoms. The quantitative estimate of drug-likeness (QED) is 0.692. The Morgan fingerprint density at radius 1 is 1.20 bits per heavy atom. The van der Waals surface area contributed by atoms with Gasteiger partial charge in [-0.15, -0.1) is 11.8 Å². The number of hydrogen-bond acceptors (Lipinski definition) is 4. The van der Waals surface area contributed by atoms with Crippen molar-refractivity contribution in [1.29, 1.82) is 0 Å². The van der Waals surface area contributed by atoms with Crippen LogP contribution in [0.4, 0.5) is 0 Å². The van der Waals surface area contributed by atoms with Crippen molar-refractivity contribution in [3.05, 3.63) is 70.3 Å². The summed E-state index contributed by atoms with van der Waals surface area (Å²) in [5, 5.41) is 3.13. The summed E-state index contributed by atoms with van der Waals surface area (Å²) in [6, 6.07) is 15.2. The van der Waals surface area contributed by atoms with E-state index < -0.39 is 0 Å². The van der Waals surface area contributed by atoms with Crippen molar-refractivity contribution in [1.82, 2.24) is 15.3 Å². The number of nitrogens with one attached hydrogen (secondary N) is 2. The fraction of sp³-hybridized carbons (Fsp3) is 0.211. The number of aromatic nitrogens is 2. The third-order valence-corrected chi connectivity index (χ3v) is 4.91. The van der Waals surface area contributed by atoms with Gasteiger partial charge < -0.3 is 10.3 Å². The van der Waals surface area contributed by atoms with E-state index in [0.717, 1.165) is 4.90 Å². The molecule has 1 unspecified atom stereocenters. The first-order valence-electron chi connectivity index (χ1n) is 8.02. The average Bonchev–Trinajstić information content (AvgIpc) is 2.61. The molecule has 2 N–H and O–H groups in total. The third kappa shape index (κ3) is 4.28. The monoisotopic (exact) mass is 353 g/mol. The van der Waals surface area contributed by atoms with Crippen LogP contribution in [0.5, 0.6) is 0 Å².